The van der Waals surface area contributed by atoms with Crippen molar-refractivity contribution >= 4 is 23.2 Å². The molecule has 1 aliphatic rings. The number of carbonyl (C=O) groups is 1. The van der Waals surface area contributed by atoms with Crippen molar-refractivity contribution in [1.29, 1.82) is 0 Å². The molecular formula is C7H12N2O2S. The fourth-order valence-corrected chi connectivity index (χ4v) is 1.31. The molecule has 5 heteroatoms. The summed E-state index contributed by atoms with van der Waals surface area (Å²) in [4.78, 5) is 11.3. The maximum absolute atomic E-state index is 11.3. The molecular weight excluding hydrogens is 176 g/mol. The van der Waals surface area contributed by atoms with Crippen LogP contribution >= 0.6 is 12.2 Å². The van der Waals surface area contributed by atoms with E-state index in [1.165, 1.54) is 0 Å². The molecule has 12 heavy (non-hydrogen) atoms. The van der Waals surface area contributed by atoms with Crippen molar-refractivity contribution in [2.24, 2.45) is 0 Å². The lowest BCUT2D eigenvalue weighted by Gasteiger charge is -2.20. The quantitative estimate of drug-likeness (QED) is 0.602. The van der Waals surface area contributed by atoms with Gasteiger partial charge in [0.2, 0.25) is 0 Å². The van der Waals surface area contributed by atoms with Crippen LogP contribution in [0.1, 0.15) is 13.8 Å². The van der Waals surface area contributed by atoms with Crippen LogP contribution in [-0.2, 0) is 9.53 Å². The highest BCUT2D eigenvalue weighted by Gasteiger charge is 2.40. The van der Waals surface area contributed by atoms with Gasteiger partial charge in [0.1, 0.15) is 5.54 Å². The third kappa shape index (κ3) is 1.73. The van der Waals surface area contributed by atoms with Crippen LogP contribution in [0.2, 0.25) is 0 Å². The summed E-state index contributed by atoms with van der Waals surface area (Å²) in [5.41, 5.74) is -0.687. The van der Waals surface area contributed by atoms with Crippen LogP contribution in [0.15, 0.2) is 0 Å². The molecule has 0 radical (unpaired) electrons. The van der Waals surface area contributed by atoms with Crippen molar-refractivity contribution in [2.75, 3.05) is 13.2 Å². The predicted molar refractivity (Wildman–Crippen MR) is 48.8 cm³/mol. The fraction of sp³-hybridized carbons (Fsp3) is 0.714. The molecule has 1 rings (SSSR count). The number of nitrogens with one attached hydrogen (secondary N) is 2. The number of amides is 1. The van der Waals surface area contributed by atoms with Crippen LogP contribution in [-0.4, -0.2) is 29.8 Å². The molecule has 0 spiro atoms. The van der Waals surface area contributed by atoms with E-state index in [9.17, 15) is 4.79 Å². The second kappa shape index (κ2) is 3.37. The Labute approximate surface area is 76.7 Å². The van der Waals surface area contributed by atoms with Crippen LogP contribution < -0.4 is 10.6 Å². The van der Waals surface area contributed by atoms with Crippen molar-refractivity contribution in [3.8, 4) is 0 Å². The van der Waals surface area contributed by atoms with Gasteiger partial charge in [-0.3, -0.25) is 4.79 Å². The van der Waals surface area contributed by atoms with Gasteiger partial charge in [-0.15, -0.1) is 0 Å². The first-order chi connectivity index (χ1) is 5.58. The molecule has 0 aromatic carbocycles. The molecule has 4 nitrogen and oxygen atoms in total. The number of ether oxygens (including phenoxy) is 1. The smallest absolute Gasteiger partial charge is 0.253 e. The van der Waals surface area contributed by atoms with Crippen LogP contribution in [0.25, 0.3) is 0 Å². The normalized spacial score (nSPS) is 28.5. The molecule has 68 valence electrons. The molecule has 1 heterocycles. The van der Waals surface area contributed by atoms with E-state index in [0.717, 1.165) is 0 Å². The molecule has 1 aliphatic heterocycles. The van der Waals surface area contributed by atoms with E-state index in [4.69, 9.17) is 17.0 Å². The Hall–Kier alpha value is -0.680. The lowest BCUT2D eigenvalue weighted by Crippen LogP contribution is -2.47. The molecule has 1 amide bonds. The molecule has 1 unspecified atom stereocenters. The summed E-state index contributed by atoms with van der Waals surface area (Å²) >= 11 is 4.80. The molecule has 1 fully saturated rings. The van der Waals surface area contributed by atoms with Crippen molar-refractivity contribution < 1.29 is 9.53 Å². The van der Waals surface area contributed by atoms with E-state index < -0.39 is 5.54 Å². The van der Waals surface area contributed by atoms with E-state index in [1.54, 1.807) is 6.92 Å². The molecule has 0 aromatic heterocycles. The van der Waals surface area contributed by atoms with Crippen LogP contribution in [0.5, 0.6) is 0 Å². The van der Waals surface area contributed by atoms with Crippen LogP contribution in [0.4, 0.5) is 0 Å². The maximum atomic E-state index is 11.3. The number of thiocarbonyl (C=S) groups is 1. The first-order valence-corrected chi connectivity index (χ1v) is 4.20. The number of carbonyl (C=O) groups excluding carboxylic acids is 1. The molecule has 1 atom stereocenters. The lowest BCUT2D eigenvalue weighted by atomic mass is 10.1. The Bertz CT molecular complexity index is 219. The van der Waals surface area contributed by atoms with Gasteiger partial charge in [-0.05, 0) is 26.1 Å². The summed E-state index contributed by atoms with van der Waals surface area (Å²) in [7, 11) is 0. The van der Waals surface area contributed by atoms with Gasteiger partial charge in [0.25, 0.3) is 5.91 Å². The standard InChI is InChI=1S/C7H12N2O2S/c1-3-11-4-7(2)5(10)8-6(12)9-7/h3-4H2,1-2H3,(H2,8,9,10,12). The van der Waals surface area contributed by atoms with Crippen molar-refractivity contribution in [1.82, 2.24) is 10.6 Å². The van der Waals surface area contributed by atoms with Gasteiger partial charge < -0.3 is 15.4 Å². The molecule has 0 saturated carbocycles. The highest BCUT2D eigenvalue weighted by Crippen LogP contribution is 2.09. The first kappa shape index (κ1) is 9.41. The van der Waals surface area contributed by atoms with Gasteiger partial charge in [0.05, 0.1) is 6.61 Å². The molecule has 1 saturated heterocycles. The van der Waals surface area contributed by atoms with Gasteiger partial charge in [0.15, 0.2) is 5.11 Å². The van der Waals surface area contributed by atoms with E-state index in [1.807, 2.05) is 6.92 Å². The summed E-state index contributed by atoms with van der Waals surface area (Å²) in [6.45, 7) is 4.58. The molecule has 0 bridgehead atoms. The monoisotopic (exact) mass is 188 g/mol. The summed E-state index contributed by atoms with van der Waals surface area (Å²) in [5, 5.41) is 5.76. The van der Waals surface area contributed by atoms with Crippen molar-refractivity contribution in [3.05, 3.63) is 0 Å². The third-order valence-electron chi connectivity index (χ3n) is 1.71. The summed E-state index contributed by atoms with van der Waals surface area (Å²) in [5.74, 6) is -0.124. The summed E-state index contributed by atoms with van der Waals surface area (Å²) in [6, 6.07) is 0. The minimum absolute atomic E-state index is 0.124. The third-order valence-corrected chi connectivity index (χ3v) is 1.92. The van der Waals surface area contributed by atoms with Crippen molar-refractivity contribution in [3.63, 3.8) is 0 Å². The highest BCUT2D eigenvalue weighted by atomic mass is 32.1. The zero-order valence-electron chi connectivity index (χ0n) is 7.14. The summed E-state index contributed by atoms with van der Waals surface area (Å²) < 4.78 is 5.16. The zero-order chi connectivity index (χ0) is 9.19. The van der Waals surface area contributed by atoms with E-state index in [-0.39, 0.29) is 5.91 Å². The highest BCUT2D eigenvalue weighted by molar-refractivity contribution is 7.80. The Morgan fingerprint density at radius 1 is 1.67 bits per heavy atom. The number of hydrogen-bond acceptors (Lipinski definition) is 3. The fourth-order valence-electron chi connectivity index (χ4n) is 0.987. The minimum atomic E-state index is -0.687. The van der Waals surface area contributed by atoms with Gasteiger partial charge >= 0.3 is 0 Å². The Balaban J connectivity index is 2.58. The SMILES string of the molecule is CCOCC1(C)NC(=S)NC1=O. The Morgan fingerprint density at radius 2 is 2.33 bits per heavy atom. The zero-order valence-corrected chi connectivity index (χ0v) is 7.96. The average Bonchev–Trinajstić information content (AvgIpc) is 2.23. The predicted octanol–water partition coefficient (Wildman–Crippen LogP) is -0.214. The van der Waals surface area contributed by atoms with Crippen molar-refractivity contribution in [2.45, 2.75) is 19.4 Å². The second-order valence-electron chi connectivity index (χ2n) is 2.88. The van der Waals surface area contributed by atoms with Gasteiger partial charge in [0, 0.05) is 6.61 Å². The molecule has 0 aliphatic carbocycles. The maximum Gasteiger partial charge on any atom is 0.253 e. The molecule has 2 N–H and O–H groups in total. The second-order valence-corrected chi connectivity index (χ2v) is 3.29. The number of rotatable bonds is 3. The largest absolute Gasteiger partial charge is 0.379 e. The van der Waals surface area contributed by atoms with Gasteiger partial charge in [-0.1, -0.05) is 0 Å². The van der Waals surface area contributed by atoms with Gasteiger partial charge in [-0.25, -0.2) is 0 Å². The summed E-state index contributed by atoms with van der Waals surface area (Å²) in [6.07, 6.45) is 0. The van der Waals surface area contributed by atoms with E-state index >= 15 is 0 Å². The van der Waals surface area contributed by atoms with Crippen LogP contribution in [0.3, 0.4) is 0 Å². The average molecular weight is 188 g/mol. The van der Waals surface area contributed by atoms with E-state index in [0.29, 0.717) is 18.3 Å². The Kier molecular flexibility index (Phi) is 2.64. The lowest BCUT2D eigenvalue weighted by molar-refractivity contribution is -0.125. The minimum Gasteiger partial charge on any atom is -0.379 e. The first-order valence-electron chi connectivity index (χ1n) is 3.80. The van der Waals surface area contributed by atoms with E-state index in [2.05, 4.69) is 10.6 Å². The number of hydrogen-bond donors (Lipinski definition) is 2. The van der Waals surface area contributed by atoms with Gasteiger partial charge in [-0.2, -0.15) is 0 Å². The topological polar surface area (TPSA) is 50.4 Å². The Morgan fingerprint density at radius 3 is 2.75 bits per heavy atom. The molecule has 0 aromatic rings. The van der Waals surface area contributed by atoms with Crippen LogP contribution in [0, 0.1) is 0 Å².